The number of aromatic hydroxyl groups is 2. The molecule has 8 nitrogen and oxygen atoms in total. The summed E-state index contributed by atoms with van der Waals surface area (Å²) in [5.74, 6) is -1.10. The largest absolute Gasteiger partial charge is 0.494 e. The van der Waals surface area contributed by atoms with Gasteiger partial charge in [0.15, 0.2) is 0 Å². The van der Waals surface area contributed by atoms with Gasteiger partial charge in [-0.3, -0.25) is 14.3 Å². The van der Waals surface area contributed by atoms with Crippen molar-refractivity contribution >= 4 is 5.97 Å². The highest BCUT2D eigenvalue weighted by atomic mass is 19.4. The van der Waals surface area contributed by atoms with Crippen molar-refractivity contribution in [3.63, 3.8) is 0 Å². The molecule has 3 aromatic rings. The Kier molecular flexibility index (Phi) is 7.26. The van der Waals surface area contributed by atoms with Gasteiger partial charge in [0.2, 0.25) is 11.8 Å². The molecule has 2 bridgehead atoms. The van der Waals surface area contributed by atoms with Gasteiger partial charge in [-0.1, -0.05) is 30.3 Å². The van der Waals surface area contributed by atoms with E-state index in [2.05, 4.69) is 4.90 Å². The third-order valence-electron chi connectivity index (χ3n) is 7.71. The van der Waals surface area contributed by atoms with Gasteiger partial charge in [0.1, 0.15) is 17.8 Å². The minimum absolute atomic E-state index is 0.123. The molecule has 0 saturated carbocycles. The van der Waals surface area contributed by atoms with Crippen LogP contribution >= 0.6 is 0 Å². The molecule has 0 spiro atoms. The molecule has 0 amide bonds. The van der Waals surface area contributed by atoms with Crippen LogP contribution < -0.4 is 0 Å². The number of ether oxygens (including phenoxy) is 2. The number of hydrogen-bond donors (Lipinski definition) is 2. The quantitative estimate of drug-likeness (QED) is 0.274. The Morgan fingerprint density at radius 2 is 1.68 bits per heavy atom. The number of aromatic nitrogens is 1. The van der Waals surface area contributed by atoms with Crippen LogP contribution in [0.5, 0.6) is 11.8 Å². The third kappa shape index (κ3) is 5.25. The van der Waals surface area contributed by atoms with Crippen molar-refractivity contribution in [1.29, 1.82) is 5.26 Å². The summed E-state index contributed by atoms with van der Waals surface area (Å²) in [6, 6.07) is 14.0. The molecule has 5 rings (SSSR count). The Bertz CT molecular complexity index is 1470. The Morgan fingerprint density at radius 3 is 2.27 bits per heavy atom. The van der Waals surface area contributed by atoms with Gasteiger partial charge in [0.25, 0.3) is 0 Å². The van der Waals surface area contributed by atoms with Crippen molar-refractivity contribution in [2.45, 2.75) is 57.1 Å². The third-order valence-corrected chi connectivity index (χ3v) is 7.71. The second-order valence-electron chi connectivity index (χ2n) is 10.9. The molecule has 0 unspecified atom stereocenters. The molecule has 2 aliphatic heterocycles. The van der Waals surface area contributed by atoms with E-state index in [0.29, 0.717) is 43.6 Å². The molecule has 11 heteroatoms. The summed E-state index contributed by atoms with van der Waals surface area (Å²) in [7, 11) is 0. The van der Waals surface area contributed by atoms with Gasteiger partial charge in [-0.2, -0.15) is 18.4 Å². The van der Waals surface area contributed by atoms with Crippen LogP contribution in [0.3, 0.4) is 0 Å². The number of nitriles is 1. The number of nitrogens with zero attached hydrogens (tertiary/aromatic N) is 3. The minimum atomic E-state index is -4.79. The number of unbranched alkanes of at least 4 members (excludes halogenated alkanes) is 1. The zero-order valence-electron chi connectivity index (χ0n) is 22.7. The maximum Gasteiger partial charge on any atom is 0.417 e. The monoisotopic (exact) mass is 569 g/mol. The molecule has 2 atom stereocenters. The summed E-state index contributed by atoms with van der Waals surface area (Å²) in [5.41, 5.74) is -2.35. The lowest BCUT2D eigenvalue weighted by Gasteiger charge is -2.44. The molecule has 216 valence electrons. The number of morpholine rings is 1. The molecular weight excluding hydrogens is 539 g/mol. The smallest absolute Gasteiger partial charge is 0.417 e. The van der Waals surface area contributed by atoms with Gasteiger partial charge >= 0.3 is 12.1 Å². The van der Waals surface area contributed by atoms with Gasteiger partial charge in [-0.15, -0.1) is 0 Å². The van der Waals surface area contributed by atoms with Gasteiger partial charge < -0.3 is 19.7 Å². The van der Waals surface area contributed by atoms with Gasteiger partial charge in [-0.25, -0.2) is 0 Å². The fraction of sp³-hybridized carbons (Fsp3) is 0.400. The lowest BCUT2D eigenvalue weighted by atomic mass is 9.94. The van der Waals surface area contributed by atoms with E-state index in [1.54, 1.807) is 13.8 Å². The zero-order chi connectivity index (χ0) is 29.6. The second kappa shape index (κ2) is 10.4. The highest BCUT2D eigenvalue weighted by Gasteiger charge is 2.58. The highest BCUT2D eigenvalue weighted by Crippen LogP contribution is 2.59. The maximum atomic E-state index is 13.6. The van der Waals surface area contributed by atoms with Crippen LogP contribution in [-0.4, -0.2) is 45.3 Å². The lowest BCUT2D eigenvalue weighted by Crippen LogP contribution is -2.51. The average molecular weight is 570 g/mol. The summed E-state index contributed by atoms with van der Waals surface area (Å²) in [5, 5.41) is 31.6. The van der Waals surface area contributed by atoms with Crippen LogP contribution in [-0.2, 0) is 38.3 Å². The minimum Gasteiger partial charge on any atom is -0.494 e. The van der Waals surface area contributed by atoms with Gasteiger partial charge in [0, 0.05) is 19.5 Å². The SMILES string of the molecule is C[C@]12CN(CCCCC(=O)OCc3ccccc3)C[C@](C)(O1)c1c2c(O)n(-c2ccc(C#N)c(C(F)(F)F)c2)c1O. The van der Waals surface area contributed by atoms with Crippen LogP contribution in [0, 0.1) is 11.3 Å². The fourth-order valence-electron chi connectivity index (χ4n) is 6.10. The number of carbonyl (C=O) groups excluding carboxylic acids is 1. The van der Waals surface area contributed by atoms with Crippen molar-refractivity contribution in [3.05, 3.63) is 76.3 Å². The molecule has 0 radical (unpaired) electrons. The van der Waals surface area contributed by atoms with Crippen molar-refractivity contribution in [1.82, 2.24) is 9.47 Å². The van der Waals surface area contributed by atoms with Crippen molar-refractivity contribution in [2.75, 3.05) is 19.6 Å². The summed E-state index contributed by atoms with van der Waals surface area (Å²) in [4.78, 5) is 14.3. The molecule has 1 fully saturated rings. The van der Waals surface area contributed by atoms with Crippen LogP contribution in [0.25, 0.3) is 5.69 Å². The number of hydrogen-bond acceptors (Lipinski definition) is 7. The molecule has 2 aromatic carbocycles. The standard InChI is InChI=1S/C30H30F3N3O5/c1-28-17-35(13-7-6-10-23(37)40-16-19-8-4-3-5-9-19)18-29(2,41-28)25-24(28)26(38)36(27(25)39)21-12-11-20(15-34)22(14-21)30(31,32)33/h3-5,8-9,11-12,14,38-39H,6-7,10,13,16-18H2,1-2H3/t28-,29+. The van der Waals surface area contributed by atoms with Crippen LogP contribution in [0.1, 0.15) is 60.9 Å². The van der Waals surface area contributed by atoms with E-state index in [4.69, 9.17) is 14.7 Å². The molecule has 0 aliphatic carbocycles. The van der Waals surface area contributed by atoms with Crippen LogP contribution in [0.15, 0.2) is 48.5 Å². The predicted octanol–water partition coefficient (Wildman–Crippen LogP) is 5.47. The van der Waals surface area contributed by atoms with E-state index in [0.717, 1.165) is 22.3 Å². The first-order valence-electron chi connectivity index (χ1n) is 13.3. The number of rotatable bonds is 8. The summed E-state index contributed by atoms with van der Waals surface area (Å²) in [6.07, 6.45) is -3.18. The van der Waals surface area contributed by atoms with Gasteiger partial charge in [-0.05, 0) is 57.0 Å². The Hall–Kier alpha value is -4.01. The number of alkyl halides is 3. The first-order valence-corrected chi connectivity index (χ1v) is 13.3. The molecule has 3 heterocycles. The molecule has 2 N–H and O–H groups in total. The molecule has 2 aliphatic rings. The van der Waals surface area contributed by atoms with E-state index < -0.39 is 40.3 Å². The summed E-state index contributed by atoms with van der Waals surface area (Å²) < 4.78 is 53.4. The van der Waals surface area contributed by atoms with E-state index >= 15 is 0 Å². The fourth-order valence-corrected chi connectivity index (χ4v) is 6.10. The van der Waals surface area contributed by atoms with E-state index in [9.17, 15) is 28.2 Å². The van der Waals surface area contributed by atoms with E-state index in [1.165, 1.54) is 12.1 Å². The average Bonchev–Trinajstić information content (AvgIpc) is 3.29. The summed E-state index contributed by atoms with van der Waals surface area (Å²) in [6.45, 7) is 5.14. The number of carbonyl (C=O) groups is 1. The second-order valence-corrected chi connectivity index (χ2v) is 10.9. The molecular formula is C30H30F3N3O5. The summed E-state index contributed by atoms with van der Waals surface area (Å²) >= 11 is 0. The lowest BCUT2D eigenvalue weighted by molar-refractivity contribution is -0.186. The first kappa shape index (κ1) is 28.5. The van der Waals surface area contributed by atoms with Crippen molar-refractivity contribution in [2.24, 2.45) is 0 Å². The molecule has 1 saturated heterocycles. The predicted molar refractivity (Wildman–Crippen MR) is 141 cm³/mol. The number of benzene rings is 2. The number of esters is 1. The Balaban J connectivity index is 1.28. The highest BCUT2D eigenvalue weighted by molar-refractivity contribution is 5.69. The van der Waals surface area contributed by atoms with Crippen LogP contribution in [0.4, 0.5) is 13.2 Å². The van der Waals surface area contributed by atoms with Crippen molar-refractivity contribution in [3.8, 4) is 23.5 Å². The number of halogens is 3. The molecule has 41 heavy (non-hydrogen) atoms. The Morgan fingerprint density at radius 1 is 1.05 bits per heavy atom. The topological polar surface area (TPSA) is 108 Å². The maximum absolute atomic E-state index is 13.6. The van der Waals surface area contributed by atoms with Crippen molar-refractivity contribution < 1.29 is 37.7 Å². The van der Waals surface area contributed by atoms with Gasteiger partial charge in [0.05, 0.1) is 34.0 Å². The Labute approximate surface area is 235 Å². The van der Waals surface area contributed by atoms with Crippen LogP contribution in [0.2, 0.25) is 0 Å². The first-order chi connectivity index (χ1) is 19.4. The normalized spacial score (nSPS) is 21.9. The molecule has 1 aromatic heterocycles. The number of fused-ring (bicyclic) bond motifs is 5. The van der Waals surface area contributed by atoms with E-state index in [-0.39, 0.29) is 24.7 Å². The van der Waals surface area contributed by atoms with E-state index in [1.807, 2.05) is 30.3 Å². The zero-order valence-corrected chi connectivity index (χ0v) is 22.7.